The van der Waals surface area contributed by atoms with Crippen LogP contribution >= 0.6 is 0 Å². The Morgan fingerprint density at radius 3 is 2.55 bits per heavy atom. The van der Waals surface area contributed by atoms with Crippen LogP contribution in [-0.4, -0.2) is 36.8 Å². The van der Waals surface area contributed by atoms with E-state index in [2.05, 4.69) is 11.8 Å². The van der Waals surface area contributed by atoms with Crippen molar-refractivity contribution >= 4 is 11.7 Å². The molecule has 0 saturated heterocycles. The van der Waals surface area contributed by atoms with Gasteiger partial charge in [0.05, 0.1) is 17.9 Å². The Labute approximate surface area is 133 Å². The molecule has 1 rings (SSSR count). The van der Waals surface area contributed by atoms with Gasteiger partial charge in [-0.25, -0.2) is 4.79 Å². The first-order valence-electron chi connectivity index (χ1n) is 8.00. The maximum absolute atomic E-state index is 12.2. The zero-order valence-corrected chi connectivity index (χ0v) is 14.1. The van der Waals surface area contributed by atoms with Gasteiger partial charge >= 0.3 is 5.97 Å². The summed E-state index contributed by atoms with van der Waals surface area (Å²) in [7, 11) is 0. The lowest BCUT2D eigenvalue weighted by Crippen LogP contribution is -2.36. The number of nitrogens with zero attached hydrogens (tertiary/aromatic N) is 1. The summed E-state index contributed by atoms with van der Waals surface area (Å²) in [6.07, 6.45) is 1.74. The van der Waals surface area contributed by atoms with Crippen molar-refractivity contribution < 1.29 is 14.3 Å². The standard InChI is InChI=1S/C17H28N2O3/c1-5-8-11-21-16-12-14(9-10-15(16)18)17(20)22-13(4)19(6-2)7-3/h9-10,12-13H,5-8,11,18H2,1-4H3. The molecule has 0 spiro atoms. The number of esters is 1. The Balaban J connectivity index is 2.74. The second-order valence-electron chi connectivity index (χ2n) is 5.18. The van der Waals surface area contributed by atoms with E-state index in [0.717, 1.165) is 25.9 Å². The van der Waals surface area contributed by atoms with E-state index in [0.29, 0.717) is 23.6 Å². The highest BCUT2D eigenvalue weighted by Crippen LogP contribution is 2.24. The molecule has 5 heteroatoms. The van der Waals surface area contributed by atoms with Crippen molar-refractivity contribution in [2.75, 3.05) is 25.4 Å². The van der Waals surface area contributed by atoms with Gasteiger partial charge in [0.15, 0.2) is 6.23 Å². The van der Waals surface area contributed by atoms with Gasteiger partial charge in [-0.05, 0) is 44.6 Å². The molecule has 0 aromatic heterocycles. The van der Waals surface area contributed by atoms with Gasteiger partial charge in [0.2, 0.25) is 0 Å². The molecule has 0 aliphatic rings. The molecular formula is C17H28N2O3. The summed E-state index contributed by atoms with van der Waals surface area (Å²) >= 11 is 0. The van der Waals surface area contributed by atoms with E-state index in [-0.39, 0.29) is 12.2 Å². The highest BCUT2D eigenvalue weighted by molar-refractivity contribution is 5.90. The summed E-state index contributed by atoms with van der Waals surface area (Å²) in [6.45, 7) is 10.3. The summed E-state index contributed by atoms with van der Waals surface area (Å²) in [4.78, 5) is 14.3. The normalized spacial score (nSPS) is 12.2. The second kappa shape index (κ2) is 9.30. The molecular weight excluding hydrogens is 280 g/mol. The third-order valence-electron chi connectivity index (χ3n) is 3.61. The van der Waals surface area contributed by atoms with E-state index in [4.69, 9.17) is 15.2 Å². The molecule has 0 radical (unpaired) electrons. The fraction of sp³-hybridized carbons (Fsp3) is 0.588. The Hall–Kier alpha value is -1.75. The summed E-state index contributed by atoms with van der Waals surface area (Å²) in [5.74, 6) is 0.179. The molecule has 1 aromatic rings. The lowest BCUT2D eigenvalue weighted by Gasteiger charge is -2.25. The minimum absolute atomic E-state index is 0.260. The van der Waals surface area contributed by atoms with Crippen molar-refractivity contribution in [3.8, 4) is 5.75 Å². The maximum Gasteiger partial charge on any atom is 0.339 e. The first-order valence-corrected chi connectivity index (χ1v) is 8.00. The summed E-state index contributed by atoms with van der Waals surface area (Å²) in [5.41, 5.74) is 6.87. The van der Waals surface area contributed by atoms with Gasteiger partial charge in [-0.3, -0.25) is 4.90 Å². The SMILES string of the molecule is CCCCOc1cc(C(=O)OC(C)N(CC)CC)ccc1N. The number of anilines is 1. The minimum atomic E-state index is -0.361. The van der Waals surface area contributed by atoms with E-state index in [9.17, 15) is 4.79 Å². The number of nitrogen functional groups attached to an aromatic ring is 1. The largest absolute Gasteiger partial charge is 0.491 e. The molecule has 0 aliphatic heterocycles. The number of hydrogen-bond donors (Lipinski definition) is 1. The van der Waals surface area contributed by atoms with E-state index in [1.807, 2.05) is 20.8 Å². The molecule has 1 atom stereocenters. The lowest BCUT2D eigenvalue weighted by atomic mass is 10.2. The van der Waals surface area contributed by atoms with Crippen LogP contribution in [0.1, 0.15) is 50.9 Å². The van der Waals surface area contributed by atoms with Crippen LogP contribution in [0.2, 0.25) is 0 Å². The molecule has 0 bridgehead atoms. The van der Waals surface area contributed by atoms with Crippen LogP contribution in [0.5, 0.6) is 5.75 Å². The van der Waals surface area contributed by atoms with Crippen molar-refractivity contribution in [3.05, 3.63) is 23.8 Å². The molecule has 5 nitrogen and oxygen atoms in total. The predicted octanol–water partition coefficient (Wildman–Crippen LogP) is 3.29. The van der Waals surface area contributed by atoms with E-state index in [1.165, 1.54) is 0 Å². The molecule has 1 unspecified atom stereocenters. The quantitative estimate of drug-likeness (QED) is 0.328. The van der Waals surface area contributed by atoms with Crippen LogP contribution in [0.4, 0.5) is 5.69 Å². The van der Waals surface area contributed by atoms with Crippen molar-refractivity contribution in [2.24, 2.45) is 0 Å². The highest BCUT2D eigenvalue weighted by atomic mass is 16.6. The number of hydrogen-bond acceptors (Lipinski definition) is 5. The highest BCUT2D eigenvalue weighted by Gasteiger charge is 2.17. The fourth-order valence-corrected chi connectivity index (χ4v) is 2.15. The van der Waals surface area contributed by atoms with Crippen molar-refractivity contribution in [1.82, 2.24) is 4.90 Å². The Bertz CT molecular complexity index is 473. The maximum atomic E-state index is 12.2. The lowest BCUT2D eigenvalue weighted by molar-refractivity contribution is -0.0197. The Morgan fingerprint density at radius 2 is 1.95 bits per heavy atom. The van der Waals surface area contributed by atoms with Gasteiger partial charge in [0.1, 0.15) is 5.75 Å². The number of carbonyl (C=O) groups is 1. The zero-order chi connectivity index (χ0) is 16.5. The molecule has 0 amide bonds. The third-order valence-corrected chi connectivity index (χ3v) is 3.61. The number of carbonyl (C=O) groups excluding carboxylic acids is 1. The van der Waals surface area contributed by atoms with Crippen molar-refractivity contribution in [3.63, 3.8) is 0 Å². The van der Waals surface area contributed by atoms with Crippen LogP contribution in [0.15, 0.2) is 18.2 Å². The molecule has 22 heavy (non-hydrogen) atoms. The molecule has 124 valence electrons. The molecule has 1 aromatic carbocycles. The van der Waals surface area contributed by atoms with Gasteiger partial charge in [-0.2, -0.15) is 0 Å². The number of nitrogens with two attached hydrogens (primary N) is 1. The Morgan fingerprint density at radius 1 is 1.27 bits per heavy atom. The minimum Gasteiger partial charge on any atom is -0.491 e. The second-order valence-corrected chi connectivity index (χ2v) is 5.18. The Kier molecular flexibility index (Phi) is 7.74. The molecule has 0 heterocycles. The summed E-state index contributed by atoms with van der Waals surface area (Å²) < 4.78 is 11.1. The van der Waals surface area contributed by atoms with Crippen LogP contribution in [-0.2, 0) is 4.74 Å². The fourth-order valence-electron chi connectivity index (χ4n) is 2.15. The van der Waals surface area contributed by atoms with Crippen LogP contribution < -0.4 is 10.5 Å². The van der Waals surface area contributed by atoms with Crippen LogP contribution in [0.3, 0.4) is 0 Å². The van der Waals surface area contributed by atoms with Gasteiger partial charge in [0, 0.05) is 0 Å². The summed E-state index contributed by atoms with van der Waals surface area (Å²) in [5, 5.41) is 0. The number of unbranched alkanes of at least 4 members (excludes halogenated alkanes) is 1. The molecule has 0 aliphatic carbocycles. The van der Waals surface area contributed by atoms with E-state index < -0.39 is 0 Å². The monoisotopic (exact) mass is 308 g/mol. The van der Waals surface area contributed by atoms with Crippen molar-refractivity contribution in [1.29, 1.82) is 0 Å². The van der Waals surface area contributed by atoms with Gasteiger partial charge in [-0.1, -0.05) is 27.2 Å². The average Bonchev–Trinajstić information content (AvgIpc) is 2.50. The van der Waals surface area contributed by atoms with Gasteiger partial charge in [0.25, 0.3) is 0 Å². The summed E-state index contributed by atoms with van der Waals surface area (Å²) in [6, 6.07) is 5.00. The molecule has 0 saturated carbocycles. The topological polar surface area (TPSA) is 64.8 Å². The number of benzene rings is 1. The average molecular weight is 308 g/mol. The molecule has 2 N–H and O–H groups in total. The van der Waals surface area contributed by atoms with E-state index >= 15 is 0 Å². The zero-order valence-electron chi connectivity index (χ0n) is 14.1. The van der Waals surface area contributed by atoms with Gasteiger partial charge in [-0.15, -0.1) is 0 Å². The first-order chi connectivity index (χ1) is 10.5. The number of rotatable bonds is 9. The van der Waals surface area contributed by atoms with Crippen LogP contribution in [0.25, 0.3) is 0 Å². The van der Waals surface area contributed by atoms with Crippen LogP contribution in [0, 0.1) is 0 Å². The predicted molar refractivity (Wildman–Crippen MR) is 89.1 cm³/mol. The first kappa shape index (κ1) is 18.3. The third kappa shape index (κ3) is 5.22. The van der Waals surface area contributed by atoms with Gasteiger partial charge < -0.3 is 15.2 Å². The smallest absolute Gasteiger partial charge is 0.339 e. The molecule has 0 fully saturated rings. The van der Waals surface area contributed by atoms with Crippen molar-refractivity contribution in [2.45, 2.75) is 46.8 Å². The number of ether oxygens (including phenoxy) is 2. The van der Waals surface area contributed by atoms with E-state index in [1.54, 1.807) is 18.2 Å².